The van der Waals surface area contributed by atoms with Crippen LogP contribution >= 0.6 is 0 Å². The molecular weight excluding hydrogens is 226 g/mol. The highest BCUT2D eigenvalue weighted by Gasteiger charge is 2.37. The number of ketones is 1. The molecule has 1 aliphatic carbocycles. The lowest BCUT2D eigenvalue weighted by molar-refractivity contribution is -0.117. The molecule has 0 bridgehead atoms. The summed E-state index contributed by atoms with van der Waals surface area (Å²) in [6.07, 6.45) is 7.11. The Morgan fingerprint density at radius 1 is 1.17 bits per heavy atom. The van der Waals surface area contributed by atoms with E-state index in [0.717, 1.165) is 16.8 Å². The Morgan fingerprint density at radius 3 is 2.61 bits per heavy atom. The lowest BCUT2D eigenvalue weighted by Crippen LogP contribution is -2.35. The molecule has 1 spiro atoms. The first-order chi connectivity index (χ1) is 8.59. The summed E-state index contributed by atoms with van der Waals surface area (Å²) in [4.78, 5) is 23.1. The van der Waals surface area contributed by atoms with Gasteiger partial charge >= 0.3 is 0 Å². The highest BCUT2D eigenvalue weighted by molar-refractivity contribution is 6.03. The van der Waals surface area contributed by atoms with Crippen LogP contribution in [0.25, 0.3) is 0 Å². The zero-order valence-corrected chi connectivity index (χ0v) is 10.1. The number of anilines is 1. The molecule has 1 N–H and O–H groups in total. The Labute approximate surface area is 105 Å². The van der Waals surface area contributed by atoms with Crippen LogP contribution < -0.4 is 5.32 Å². The average Bonchev–Trinajstić information content (AvgIpc) is 2.32. The van der Waals surface area contributed by atoms with E-state index in [1.54, 1.807) is 12.2 Å². The average molecular weight is 239 g/mol. The van der Waals surface area contributed by atoms with Gasteiger partial charge in [0.15, 0.2) is 5.78 Å². The summed E-state index contributed by atoms with van der Waals surface area (Å²) in [5.74, 6) is -0.0444. The van der Waals surface area contributed by atoms with Crippen LogP contribution in [0, 0.1) is 6.92 Å². The summed E-state index contributed by atoms with van der Waals surface area (Å²) >= 11 is 0. The summed E-state index contributed by atoms with van der Waals surface area (Å²) in [6, 6.07) is 6.01. The Hall–Kier alpha value is -2.16. The molecule has 2 aliphatic rings. The minimum absolute atomic E-state index is 0.0169. The molecule has 1 aromatic rings. The third-order valence-corrected chi connectivity index (χ3v) is 3.49. The van der Waals surface area contributed by atoms with Crippen LogP contribution in [-0.2, 0) is 15.0 Å². The molecule has 1 amide bonds. The van der Waals surface area contributed by atoms with Gasteiger partial charge < -0.3 is 5.32 Å². The van der Waals surface area contributed by atoms with E-state index in [9.17, 15) is 9.59 Å². The zero-order valence-electron chi connectivity index (χ0n) is 10.1. The van der Waals surface area contributed by atoms with Gasteiger partial charge in [0.05, 0.1) is 0 Å². The van der Waals surface area contributed by atoms with Crippen molar-refractivity contribution in [2.45, 2.75) is 18.8 Å². The molecule has 0 radical (unpaired) electrons. The molecule has 0 saturated carbocycles. The van der Waals surface area contributed by atoms with Crippen molar-refractivity contribution >= 4 is 17.4 Å². The van der Waals surface area contributed by atoms with Gasteiger partial charge in [0.1, 0.15) is 0 Å². The SMILES string of the molecule is Cc1ccc2c(c1)NC(=O)CC21C=CC(=O)C=C1. The van der Waals surface area contributed by atoms with Crippen LogP contribution in [0.15, 0.2) is 42.5 Å². The van der Waals surface area contributed by atoms with Gasteiger partial charge in [0.25, 0.3) is 0 Å². The molecule has 0 aromatic heterocycles. The van der Waals surface area contributed by atoms with Crippen LogP contribution in [0.1, 0.15) is 17.5 Å². The van der Waals surface area contributed by atoms with Crippen molar-refractivity contribution in [1.82, 2.24) is 0 Å². The number of amides is 1. The van der Waals surface area contributed by atoms with Crippen LogP contribution in [0.3, 0.4) is 0 Å². The van der Waals surface area contributed by atoms with E-state index < -0.39 is 5.41 Å². The standard InChI is InChI=1S/C15H13NO2/c1-10-2-3-12-13(8-10)16-14(18)9-15(12)6-4-11(17)5-7-15/h2-8H,9H2,1H3,(H,16,18). The summed E-state index contributed by atoms with van der Waals surface area (Å²) < 4.78 is 0. The van der Waals surface area contributed by atoms with Gasteiger partial charge in [-0.25, -0.2) is 0 Å². The van der Waals surface area contributed by atoms with E-state index >= 15 is 0 Å². The molecule has 3 heteroatoms. The topological polar surface area (TPSA) is 46.2 Å². The van der Waals surface area contributed by atoms with Crippen molar-refractivity contribution < 1.29 is 9.59 Å². The molecule has 1 aliphatic heterocycles. The van der Waals surface area contributed by atoms with E-state index in [1.165, 1.54) is 0 Å². The fourth-order valence-electron chi connectivity index (χ4n) is 2.59. The number of hydrogen-bond donors (Lipinski definition) is 1. The Balaban J connectivity index is 2.19. The zero-order chi connectivity index (χ0) is 12.8. The second-order valence-electron chi connectivity index (χ2n) is 4.88. The van der Waals surface area contributed by atoms with E-state index in [4.69, 9.17) is 0 Å². The Kier molecular flexibility index (Phi) is 2.23. The first-order valence-electron chi connectivity index (χ1n) is 5.92. The van der Waals surface area contributed by atoms with E-state index in [2.05, 4.69) is 5.32 Å². The lowest BCUT2D eigenvalue weighted by atomic mass is 9.72. The number of nitrogens with one attached hydrogen (secondary N) is 1. The van der Waals surface area contributed by atoms with Crippen LogP contribution in [0.2, 0.25) is 0 Å². The Bertz CT molecular complexity index is 595. The summed E-state index contributed by atoms with van der Waals surface area (Å²) in [7, 11) is 0. The number of allylic oxidation sites excluding steroid dienone is 4. The third-order valence-electron chi connectivity index (χ3n) is 3.49. The van der Waals surface area contributed by atoms with E-state index in [1.807, 2.05) is 37.3 Å². The van der Waals surface area contributed by atoms with Crippen molar-refractivity contribution in [2.24, 2.45) is 0 Å². The molecule has 0 unspecified atom stereocenters. The number of hydrogen-bond acceptors (Lipinski definition) is 2. The van der Waals surface area contributed by atoms with Crippen molar-refractivity contribution in [3.8, 4) is 0 Å². The molecule has 90 valence electrons. The van der Waals surface area contributed by atoms with Gasteiger partial charge in [0, 0.05) is 17.5 Å². The second kappa shape index (κ2) is 3.67. The molecule has 18 heavy (non-hydrogen) atoms. The predicted molar refractivity (Wildman–Crippen MR) is 69.4 cm³/mol. The number of carbonyl (C=O) groups is 2. The first kappa shape index (κ1) is 11.0. The van der Waals surface area contributed by atoms with Crippen LogP contribution in [-0.4, -0.2) is 11.7 Å². The van der Waals surface area contributed by atoms with Gasteiger partial charge in [0.2, 0.25) is 5.91 Å². The molecule has 1 aromatic carbocycles. The largest absolute Gasteiger partial charge is 0.326 e. The molecule has 1 heterocycles. The number of aryl methyl sites for hydroxylation is 1. The van der Waals surface area contributed by atoms with Gasteiger partial charge in [-0.3, -0.25) is 9.59 Å². The van der Waals surface area contributed by atoms with Gasteiger partial charge in [-0.2, -0.15) is 0 Å². The van der Waals surface area contributed by atoms with E-state index in [0.29, 0.717) is 6.42 Å². The predicted octanol–water partition coefficient (Wildman–Crippen LogP) is 2.27. The van der Waals surface area contributed by atoms with Gasteiger partial charge in [-0.05, 0) is 36.3 Å². The third kappa shape index (κ3) is 1.59. The maximum atomic E-state index is 11.8. The number of carbonyl (C=O) groups excluding carboxylic acids is 2. The number of rotatable bonds is 0. The van der Waals surface area contributed by atoms with Crippen molar-refractivity contribution in [3.63, 3.8) is 0 Å². The van der Waals surface area contributed by atoms with Gasteiger partial charge in [-0.15, -0.1) is 0 Å². The first-order valence-corrected chi connectivity index (χ1v) is 5.92. The minimum Gasteiger partial charge on any atom is -0.326 e. The second-order valence-corrected chi connectivity index (χ2v) is 4.88. The fourth-order valence-corrected chi connectivity index (χ4v) is 2.59. The van der Waals surface area contributed by atoms with Crippen LogP contribution in [0.4, 0.5) is 5.69 Å². The number of fused-ring (bicyclic) bond motifs is 2. The highest BCUT2D eigenvalue weighted by Crippen LogP contribution is 2.41. The highest BCUT2D eigenvalue weighted by atomic mass is 16.1. The molecule has 3 nitrogen and oxygen atoms in total. The summed E-state index contributed by atoms with van der Waals surface area (Å²) in [5.41, 5.74) is 2.53. The van der Waals surface area contributed by atoms with Crippen LogP contribution in [0.5, 0.6) is 0 Å². The molecule has 0 saturated heterocycles. The summed E-state index contributed by atoms with van der Waals surface area (Å²) in [5, 5.41) is 2.89. The quantitative estimate of drug-likeness (QED) is 0.755. The number of benzene rings is 1. The molecular formula is C15H13NO2. The molecule has 3 rings (SSSR count). The lowest BCUT2D eigenvalue weighted by Gasteiger charge is -2.35. The van der Waals surface area contributed by atoms with Crippen molar-refractivity contribution in [3.05, 3.63) is 53.6 Å². The Morgan fingerprint density at radius 2 is 1.89 bits per heavy atom. The monoisotopic (exact) mass is 239 g/mol. The van der Waals surface area contributed by atoms with Crippen molar-refractivity contribution in [1.29, 1.82) is 0 Å². The maximum Gasteiger partial charge on any atom is 0.225 e. The van der Waals surface area contributed by atoms with Gasteiger partial charge in [-0.1, -0.05) is 24.3 Å². The summed E-state index contributed by atoms with van der Waals surface area (Å²) in [6.45, 7) is 1.99. The van der Waals surface area contributed by atoms with Crippen molar-refractivity contribution in [2.75, 3.05) is 5.32 Å². The van der Waals surface area contributed by atoms with E-state index in [-0.39, 0.29) is 11.7 Å². The minimum atomic E-state index is -0.459. The molecule has 0 fully saturated rings. The molecule has 0 atom stereocenters. The fraction of sp³-hybridized carbons (Fsp3) is 0.200. The smallest absolute Gasteiger partial charge is 0.225 e. The maximum absolute atomic E-state index is 11.8. The normalized spacial score (nSPS) is 19.8.